The van der Waals surface area contributed by atoms with Crippen molar-refractivity contribution in [1.82, 2.24) is 10.2 Å². The summed E-state index contributed by atoms with van der Waals surface area (Å²) in [7, 11) is 2.81. The van der Waals surface area contributed by atoms with E-state index in [1.807, 2.05) is 0 Å². The summed E-state index contributed by atoms with van der Waals surface area (Å²) in [6.07, 6.45) is 1.95. The van der Waals surface area contributed by atoms with E-state index >= 15 is 0 Å². The predicted molar refractivity (Wildman–Crippen MR) is 115 cm³/mol. The van der Waals surface area contributed by atoms with Gasteiger partial charge in [-0.1, -0.05) is 24.3 Å². The number of rotatable bonds is 9. The number of halogens is 1. The summed E-state index contributed by atoms with van der Waals surface area (Å²) in [5.74, 6) is -1.41. The minimum absolute atomic E-state index is 0.0215. The van der Waals surface area contributed by atoms with Gasteiger partial charge in [-0.15, -0.1) is 6.58 Å². The maximum absolute atomic E-state index is 14.5. The van der Waals surface area contributed by atoms with Crippen molar-refractivity contribution in [3.63, 3.8) is 0 Å². The average molecular weight is 427 g/mol. The van der Waals surface area contributed by atoms with Crippen molar-refractivity contribution in [3.05, 3.63) is 71.6 Å². The number of carbonyl (C=O) groups excluding carboxylic acids is 2. The first-order chi connectivity index (χ1) is 14.9. The number of nitrogens with one attached hydrogen (secondary N) is 2. The summed E-state index contributed by atoms with van der Waals surface area (Å²) >= 11 is 0. The van der Waals surface area contributed by atoms with E-state index in [0.717, 1.165) is 4.90 Å². The Kier molecular flexibility index (Phi) is 6.60. The number of aliphatic hydroxyl groups is 1. The number of allylic oxidation sites excluding steroid dienone is 1. The molecule has 1 heterocycles. The number of benzene rings is 2. The lowest BCUT2D eigenvalue weighted by molar-refractivity contribution is -0.159. The number of methoxy groups -OCH3 is 1. The number of hydrogen-bond donors (Lipinski definition) is 3. The fourth-order valence-corrected chi connectivity index (χ4v) is 3.71. The topological polar surface area (TPSA) is 90.9 Å². The first kappa shape index (κ1) is 22.3. The molecule has 1 atom stereocenters. The van der Waals surface area contributed by atoms with E-state index in [1.54, 1.807) is 42.5 Å². The van der Waals surface area contributed by atoms with Crippen LogP contribution in [0.4, 0.5) is 10.1 Å². The highest BCUT2D eigenvalue weighted by Crippen LogP contribution is 2.35. The zero-order chi connectivity index (χ0) is 22.6. The van der Waals surface area contributed by atoms with Gasteiger partial charge in [0.25, 0.3) is 11.8 Å². The SMILES string of the molecule is C=CCCC(O)(C(=O)NC)N1Cc2c(NCc3cccc(OC)c3F)cccc2C1=O. The average Bonchev–Trinajstić information content (AvgIpc) is 3.14. The summed E-state index contributed by atoms with van der Waals surface area (Å²) in [5, 5.41) is 16.7. The van der Waals surface area contributed by atoms with Gasteiger partial charge in [-0.25, -0.2) is 4.39 Å². The molecule has 0 spiro atoms. The first-order valence-electron chi connectivity index (χ1n) is 9.92. The van der Waals surface area contributed by atoms with E-state index in [0.29, 0.717) is 28.8 Å². The minimum atomic E-state index is -2.00. The Hall–Kier alpha value is -3.39. The van der Waals surface area contributed by atoms with E-state index in [1.165, 1.54) is 14.2 Å². The van der Waals surface area contributed by atoms with Crippen LogP contribution < -0.4 is 15.4 Å². The number of anilines is 1. The van der Waals surface area contributed by atoms with Gasteiger partial charge < -0.3 is 20.5 Å². The van der Waals surface area contributed by atoms with Gasteiger partial charge in [0.05, 0.1) is 13.7 Å². The van der Waals surface area contributed by atoms with E-state index in [4.69, 9.17) is 4.74 Å². The third kappa shape index (κ3) is 4.11. The number of ether oxygens (including phenoxy) is 1. The molecule has 0 saturated carbocycles. The van der Waals surface area contributed by atoms with Crippen molar-refractivity contribution in [2.45, 2.75) is 31.7 Å². The molecule has 164 valence electrons. The molecule has 0 radical (unpaired) electrons. The monoisotopic (exact) mass is 427 g/mol. The minimum Gasteiger partial charge on any atom is -0.494 e. The van der Waals surface area contributed by atoms with Crippen LogP contribution in [-0.2, 0) is 17.9 Å². The normalized spacial score (nSPS) is 14.6. The van der Waals surface area contributed by atoms with Crippen LogP contribution in [0.25, 0.3) is 0 Å². The molecule has 31 heavy (non-hydrogen) atoms. The molecule has 2 aromatic rings. The Bertz CT molecular complexity index is 1010. The summed E-state index contributed by atoms with van der Waals surface area (Å²) in [5.41, 5.74) is 0.0492. The zero-order valence-corrected chi connectivity index (χ0v) is 17.6. The highest BCUT2D eigenvalue weighted by Gasteiger charge is 2.47. The molecule has 0 aromatic heterocycles. The molecule has 1 unspecified atom stereocenters. The second-order valence-corrected chi connectivity index (χ2v) is 7.23. The molecule has 7 nitrogen and oxygen atoms in total. The van der Waals surface area contributed by atoms with Crippen LogP contribution in [0.5, 0.6) is 5.75 Å². The number of carbonyl (C=O) groups is 2. The van der Waals surface area contributed by atoms with Gasteiger partial charge in [-0.3, -0.25) is 14.5 Å². The summed E-state index contributed by atoms with van der Waals surface area (Å²) < 4.78 is 19.5. The van der Waals surface area contributed by atoms with Gasteiger partial charge in [0, 0.05) is 42.4 Å². The summed E-state index contributed by atoms with van der Waals surface area (Å²) in [6, 6.07) is 10.0. The van der Waals surface area contributed by atoms with Crippen LogP contribution in [0.15, 0.2) is 49.1 Å². The molecule has 0 bridgehead atoms. The molecule has 3 rings (SSSR count). The highest BCUT2D eigenvalue weighted by molar-refractivity contribution is 6.03. The molecular formula is C23H26FN3O4. The molecule has 8 heteroatoms. The van der Waals surface area contributed by atoms with Crippen LogP contribution in [0.2, 0.25) is 0 Å². The Morgan fingerprint density at radius 2 is 2.10 bits per heavy atom. The zero-order valence-electron chi connectivity index (χ0n) is 17.6. The van der Waals surface area contributed by atoms with Crippen molar-refractivity contribution < 1.29 is 23.8 Å². The van der Waals surface area contributed by atoms with Gasteiger partial charge in [0.1, 0.15) is 0 Å². The lowest BCUT2D eigenvalue weighted by atomic mass is 10.0. The summed E-state index contributed by atoms with van der Waals surface area (Å²) in [6.45, 7) is 3.84. The second kappa shape index (κ2) is 9.18. The lowest BCUT2D eigenvalue weighted by Gasteiger charge is -2.35. The third-order valence-electron chi connectivity index (χ3n) is 5.43. The van der Waals surface area contributed by atoms with E-state index in [-0.39, 0.29) is 25.3 Å². The third-order valence-corrected chi connectivity index (χ3v) is 5.43. The Labute approximate surface area is 180 Å². The van der Waals surface area contributed by atoms with Gasteiger partial charge in [-0.2, -0.15) is 0 Å². The summed E-state index contributed by atoms with van der Waals surface area (Å²) in [4.78, 5) is 26.7. The van der Waals surface area contributed by atoms with Crippen LogP contribution in [0.3, 0.4) is 0 Å². The fourth-order valence-electron chi connectivity index (χ4n) is 3.71. The number of fused-ring (bicyclic) bond motifs is 1. The molecule has 0 aliphatic carbocycles. The first-order valence-corrected chi connectivity index (χ1v) is 9.92. The number of nitrogens with zero attached hydrogens (tertiary/aromatic N) is 1. The molecule has 2 aromatic carbocycles. The van der Waals surface area contributed by atoms with E-state index in [9.17, 15) is 19.1 Å². The number of amides is 2. The maximum atomic E-state index is 14.5. The van der Waals surface area contributed by atoms with Crippen molar-refractivity contribution in [2.75, 3.05) is 19.5 Å². The van der Waals surface area contributed by atoms with Gasteiger partial charge in [-0.05, 0) is 24.6 Å². The van der Waals surface area contributed by atoms with Gasteiger partial charge in [0.2, 0.25) is 5.72 Å². The Morgan fingerprint density at radius 3 is 2.77 bits per heavy atom. The van der Waals surface area contributed by atoms with Crippen LogP contribution in [0, 0.1) is 5.82 Å². The van der Waals surface area contributed by atoms with Crippen molar-refractivity contribution in [3.8, 4) is 5.75 Å². The molecule has 1 aliphatic heterocycles. The van der Waals surface area contributed by atoms with Crippen LogP contribution in [-0.4, -0.2) is 41.7 Å². The smallest absolute Gasteiger partial charge is 0.273 e. The van der Waals surface area contributed by atoms with E-state index in [2.05, 4.69) is 17.2 Å². The van der Waals surface area contributed by atoms with Crippen LogP contribution in [0.1, 0.15) is 34.3 Å². The second-order valence-electron chi connectivity index (χ2n) is 7.23. The standard InChI is InChI=1S/C23H26FN3O4/c1-4-5-12-23(30,22(29)25-2)27-14-17-16(21(27)28)9-7-10-18(17)26-13-15-8-6-11-19(31-3)20(15)24/h4,6-11,26,30H,1,5,12-14H2,2-3H3,(H,25,29). The Balaban J connectivity index is 1.88. The number of hydrogen-bond acceptors (Lipinski definition) is 5. The molecule has 0 saturated heterocycles. The van der Waals surface area contributed by atoms with Gasteiger partial charge >= 0.3 is 0 Å². The number of likely N-dealkylation sites (N-methyl/N-ethyl adjacent to an activating group) is 1. The van der Waals surface area contributed by atoms with Crippen molar-refractivity contribution in [2.24, 2.45) is 0 Å². The fraction of sp³-hybridized carbons (Fsp3) is 0.304. The van der Waals surface area contributed by atoms with E-state index < -0.39 is 23.4 Å². The molecule has 1 aliphatic rings. The predicted octanol–water partition coefficient (Wildman–Crippen LogP) is 2.80. The highest BCUT2D eigenvalue weighted by atomic mass is 19.1. The van der Waals surface area contributed by atoms with Crippen LogP contribution >= 0.6 is 0 Å². The lowest BCUT2D eigenvalue weighted by Crippen LogP contribution is -2.58. The quantitative estimate of drug-likeness (QED) is 0.536. The Morgan fingerprint density at radius 1 is 1.35 bits per heavy atom. The molecule has 0 fully saturated rings. The molecule has 2 amide bonds. The maximum Gasteiger partial charge on any atom is 0.273 e. The van der Waals surface area contributed by atoms with Gasteiger partial charge in [0.15, 0.2) is 11.6 Å². The molecular weight excluding hydrogens is 401 g/mol. The van der Waals surface area contributed by atoms with Crippen molar-refractivity contribution >= 4 is 17.5 Å². The van der Waals surface area contributed by atoms with Crippen molar-refractivity contribution in [1.29, 1.82) is 0 Å². The molecule has 3 N–H and O–H groups in total. The largest absolute Gasteiger partial charge is 0.494 e.